The summed E-state index contributed by atoms with van der Waals surface area (Å²) >= 11 is 0. The van der Waals surface area contributed by atoms with Crippen molar-refractivity contribution in [2.24, 2.45) is 0 Å². The Morgan fingerprint density at radius 3 is 1.76 bits per heavy atom. The Balaban J connectivity index is 2.16. The molecule has 0 aliphatic heterocycles. The third-order valence-electron chi connectivity index (χ3n) is 3.23. The molecule has 0 heterocycles. The molecule has 0 aliphatic rings. The lowest BCUT2D eigenvalue weighted by Crippen LogP contribution is -2.09. The number of hydrogen-bond acceptors (Lipinski definition) is 2. The van der Waals surface area contributed by atoms with Crippen LogP contribution in [0.3, 0.4) is 0 Å². The predicted octanol–water partition coefficient (Wildman–Crippen LogP) is 4.97. The van der Waals surface area contributed by atoms with Crippen LogP contribution in [0.15, 0.2) is 84.9 Å². The van der Waals surface area contributed by atoms with Crippen LogP contribution in [-0.4, -0.2) is 6.29 Å². The van der Waals surface area contributed by atoms with E-state index in [9.17, 15) is 4.79 Å². The molecular formula is C19H15NO. The standard InChI is InChI=1S/C19H15NO/c21-15-16-11-13-19(14-12-16)20(17-7-3-1-4-8-17)18-9-5-2-6-10-18/h1-15H/i13D. The molecule has 0 radical (unpaired) electrons. The van der Waals surface area contributed by atoms with E-state index in [1.165, 1.54) is 0 Å². The van der Waals surface area contributed by atoms with Crippen LogP contribution in [0.5, 0.6) is 0 Å². The van der Waals surface area contributed by atoms with Crippen molar-refractivity contribution in [3.05, 3.63) is 90.5 Å². The number of para-hydroxylation sites is 2. The van der Waals surface area contributed by atoms with Gasteiger partial charge in [0.25, 0.3) is 0 Å². The molecule has 0 fully saturated rings. The van der Waals surface area contributed by atoms with E-state index in [0.29, 0.717) is 11.6 Å². The number of hydrogen-bond donors (Lipinski definition) is 0. The number of benzene rings is 3. The minimum absolute atomic E-state index is 0.317. The number of carbonyl (C=O) groups excluding carboxylic acids is 1. The van der Waals surface area contributed by atoms with Crippen LogP contribution in [0, 0.1) is 0 Å². The van der Waals surface area contributed by atoms with Gasteiger partial charge in [-0.3, -0.25) is 4.79 Å². The summed E-state index contributed by atoms with van der Waals surface area (Å²) in [7, 11) is 0. The van der Waals surface area contributed by atoms with E-state index in [4.69, 9.17) is 1.37 Å². The molecule has 102 valence electrons. The lowest BCUT2D eigenvalue weighted by molar-refractivity contribution is 0.112. The normalized spacial score (nSPS) is 10.8. The molecule has 0 aromatic heterocycles. The lowest BCUT2D eigenvalue weighted by Gasteiger charge is -2.25. The zero-order chi connectivity index (χ0) is 15.4. The van der Waals surface area contributed by atoms with Crippen molar-refractivity contribution in [1.29, 1.82) is 0 Å². The predicted molar refractivity (Wildman–Crippen MR) is 86.5 cm³/mol. The number of anilines is 3. The fourth-order valence-corrected chi connectivity index (χ4v) is 2.22. The summed E-state index contributed by atoms with van der Waals surface area (Å²) in [5.74, 6) is 0. The van der Waals surface area contributed by atoms with E-state index in [1.54, 1.807) is 12.1 Å². The molecule has 0 spiro atoms. The number of nitrogens with zero attached hydrogens (tertiary/aromatic N) is 1. The minimum Gasteiger partial charge on any atom is -0.311 e. The van der Waals surface area contributed by atoms with Crippen LogP contribution in [0.4, 0.5) is 17.1 Å². The van der Waals surface area contributed by atoms with Gasteiger partial charge in [-0.25, -0.2) is 0 Å². The van der Waals surface area contributed by atoms with Crippen LogP contribution in [-0.2, 0) is 0 Å². The highest BCUT2D eigenvalue weighted by atomic mass is 16.1. The smallest absolute Gasteiger partial charge is 0.150 e. The SMILES string of the molecule is [2H]c1cc(C=O)ccc1N(c1ccccc1)c1ccccc1. The lowest BCUT2D eigenvalue weighted by atomic mass is 10.1. The van der Waals surface area contributed by atoms with Crippen molar-refractivity contribution >= 4 is 23.3 Å². The van der Waals surface area contributed by atoms with E-state index in [1.807, 2.05) is 71.6 Å². The van der Waals surface area contributed by atoms with Crippen molar-refractivity contribution in [2.75, 3.05) is 4.90 Å². The maximum absolute atomic E-state index is 10.9. The third kappa shape index (κ3) is 2.84. The van der Waals surface area contributed by atoms with Gasteiger partial charge in [0.1, 0.15) is 6.29 Å². The van der Waals surface area contributed by atoms with Gasteiger partial charge < -0.3 is 4.90 Å². The molecular weight excluding hydrogens is 258 g/mol. The quantitative estimate of drug-likeness (QED) is 0.626. The molecule has 2 heteroatoms. The highest BCUT2D eigenvalue weighted by Gasteiger charge is 2.11. The summed E-state index contributed by atoms with van der Waals surface area (Å²) < 4.78 is 8.24. The van der Waals surface area contributed by atoms with Crippen LogP contribution in [0.2, 0.25) is 0 Å². The first-order valence-electron chi connectivity index (χ1n) is 7.25. The topological polar surface area (TPSA) is 20.3 Å². The van der Waals surface area contributed by atoms with Crippen molar-refractivity contribution in [1.82, 2.24) is 0 Å². The molecule has 3 aromatic carbocycles. The highest BCUT2D eigenvalue weighted by Crippen LogP contribution is 2.33. The van der Waals surface area contributed by atoms with Crippen LogP contribution >= 0.6 is 0 Å². The van der Waals surface area contributed by atoms with Crippen molar-refractivity contribution in [3.8, 4) is 0 Å². The molecule has 0 N–H and O–H groups in total. The van der Waals surface area contributed by atoms with E-state index < -0.39 is 0 Å². The summed E-state index contributed by atoms with van der Waals surface area (Å²) in [6, 6.07) is 25.2. The Kier molecular flexibility index (Phi) is 3.44. The summed E-state index contributed by atoms with van der Waals surface area (Å²) in [6.07, 6.45) is 0.761. The maximum atomic E-state index is 10.9. The first-order valence-corrected chi connectivity index (χ1v) is 6.75. The van der Waals surface area contributed by atoms with Crippen LogP contribution in [0.25, 0.3) is 0 Å². The van der Waals surface area contributed by atoms with E-state index in [-0.39, 0.29) is 0 Å². The first kappa shape index (κ1) is 11.9. The zero-order valence-electron chi connectivity index (χ0n) is 12.4. The molecule has 2 nitrogen and oxygen atoms in total. The Bertz CT molecular complexity index is 732. The molecule has 0 aliphatic carbocycles. The molecule has 21 heavy (non-hydrogen) atoms. The fourth-order valence-electron chi connectivity index (χ4n) is 2.22. The summed E-state index contributed by atoms with van der Waals surface area (Å²) in [5.41, 5.74) is 3.19. The Hall–Kier alpha value is -2.87. The Labute approximate surface area is 125 Å². The van der Waals surface area contributed by atoms with E-state index in [0.717, 1.165) is 23.3 Å². The monoisotopic (exact) mass is 274 g/mol. The number of aldehydes is 1. The van der Waals surface area contributed by atoms with Gasteiger partial charge in [-0.2, -0.15) is 0 Å². The summed E-state index contributed by atoms with van der Waals surface area (Å²) in [5, 5.41) is 0. The summed E-state index contributed by atoms with van der Waals surface area (Å²) in [6.45, 7) is 0. The molecule has 0 bridgehead atoms. The third-order valence-corrected chi connectivity index (χ3v) is 3.23. The van der Waals surface area contributed by atoms with Crippen molar-refractivity contribution in [2.45, 2.75) is 0 Å². The molecule has 3 aromatic rings. The van der Waals surface area contributed by atoms with Crippen LogP contribution in [0.1, 0.15) is 11.7 Å². The summed E-state index contributed by atoms with van der Waals surface area (Å²) in [4.78, 5) is 12.9. The zero-order valence-corrected chi connectivity index (χ0v) is 11.4. The molecule has 0 saturated carbocycles. The highest BCUT2D eigenvalue weighted by molar-refractivity contribution is 5.80. The molecule has 0 amide bonds. The van der Waals surface area contributed by atoms with E-state index in [2.05, 4.69) is 0 Å². The van der Waals surface area contributed by atoms with Gasteiger partial charge in [0.15, 0.2) is 0 Å². The first-order chi connectivity index (χ1) is 10.8. The number of carbonyl (C=O) groups is 1. The van der Waals surface area contributed by atoms with Crippen molar-refractivity contribution in [3.63, 3.8) is 0 Å². The Morgan fingerprint density at radius 1 is 0.714 bits per heavy atom. The largest absolute Gasteiger partial charge is 0.311 e. The van der Waals surface area contributed by atoms with Gasteiger partial charge in [-0.05, 0) is 48.5 Å². The second kappa shape index (κ2) is 6.06. The molecule has 0 atom stereocenters. The van der Waals surface area contributed by atoms with Crippen molar-refractivity contribution < 1.29 is 6.17 Å². The van der Waals surface area contributed by atoms with Gasteiger partial charge in [0.2, 0.25) is 0 Å². The minimum atomic E-state index is 0.317. The fraction of sp³-hybridized carbons (Fsp3) is 0. The van der Waals surface area contributed by atoms with Gasteiger partial charge in [0.05, 0.1) is 1.37 Å². The molecule has 0 unspecified atom stereocenters. The van der Waals surface area contributed by atoms with Gasteiger partial charge in [-0.1, -0.05) is 36.4 Å². The second-order valence-electron chi connectivity index (χ2n) is 4.63. The van der Waals surface area contributed by atoms with Gasteiger partial charge >= 0.3 is 0 Å². The number of rotatable bonds is 4. The second-order valence-corrected chi connectivity index (χ2v) is 4.63. The maximum Gasteiger partial charge on any atom is 0.150 e. The van der Waals surface area contributed by atoms with Gasteiger partial charge in [0, 0.05) is 22.6 Å². The average Bonchev–Trinajstić information content (AvgIpc) is 2.58. The molecule has 0 saturated heterocycles. The molecule has 3 rings (SSSR count). The van der Waals surface area contributed by atoms with E-state index >= 15 is 0 Å². The van der Waals surface area contributed by atoms with Crippen LogP contribution < -0.4 is 4.90 Å². The Morgan fingerprint density at radius 2 is 1.29 bits per heavy atom. The average molecular weight is 274 g/mol. The van der Waals surface area contributed by atoms with Gasteiger partial charge in [-0.15, -0.1) is 0 Å².